The molecule has 0 saturated heterocycles. The van der Waals surface area contributed by atoms with Crippen molar-refractivity contribution in [3.8, 4) is 0 Å². The fourth-order valence-corrected chi connectivity index (χ4v) is 2.93. The molecule has 0 aliphatic heterocycles. The third kappa shape index (κ3) is 5.51. The topological polar surface area (TPSA) is 131 Å². The fraction of sp³-hybridized carbons (Fsp3) is 0.444. The number of hydrogen-bond donors (Lipinski definition) is 3. The number of nitrogens with two attached hydrogens (primary N) is 1. The van der Waals surface area contributed by atoms with Crippen LogP contribution in [0.3, 0.4) is 0 Å². The Morgan fingerprint density at radius 2 is 1.84 bits per heavy atom. The van der Waals surface area contributed by atoms with Gasteiger partial charge in [0.25, 0.3) is 0 Å². The molecule has 1 rings (SSSR count). The van der Waals surface area contributed by atoms with E-state index in [-0.39, 0.29) is 23.8 Å². The Morgan fingerprint density at radius 1 is 1.21 bits per heavy atom. The summed E-state index contributed by atoms with van der Waals surface area (Å²) < 4.78 is 49.8. The molecule has 0 spiro atoms. The molecule has 0 saturated carbocycles. The summed E-state index contributed by atoms with van der Waals surface area (Å²) in [6, 6.07) is 2.82. The van der Waals surface area contributed by atoms with Crippen molar-refractivity contribution >= 4 is 25.9 Å². The molecule has 10 heteroatoms. The van der Waals surface area contributed by atoms with Crippen LogP contribution in [0.1, 0.15) is 6.42 Å². The predicted molar refractivity (Wildman–Crippen MR) is 71.3 cm³/mol. The smallest absolute Gasteiger partial charge is 0.244 e. The molecule has 0 fully saturated rings. The number of hydrogen-bond acceptors (Lipinski definition) is 6. The molecule has 0 atom stereocenters. The molecular formula is C9H16N4O4S2. The Balaban J connectivity index is 2.51. The summed E-state index contributed by atoms with van der Waals surface area (Å²) in [5.74, 6) is -0.0794. The second-order valence-corrected chi connectivity index (χ2v) is 7.37. The minimum atomic E-state index is -3.72. The maximum Gasteiger partial charge on any atom is 0.244 e. The van der Waals surface area contributed by atoms with Crippen LogP contribution in [0.2, 0.25) is 0 Å². The monoisotopic (exact) mass is 308 g/mol. The Kier molecular flexibility index (Phi) is 5.23. The quantitative estimate of drug-likeness (QED) is 0.547. The van der Waals surface area contributed by atoms with Crippen LogP contribution < -0.4 is 15.2 Å². The van der Waals surface area contributed by atoms with E-state index in [0.717, 1.165) is 6.26 Å². The molecule has 0 aromatic carbocycles. The summed E-state index contributed by atoms with van der Waals surface area (Å²) in [7, 11) is -6.98. The van der Waals surface area contributed by atoms with Gasteiger partial charge in [0.2, 0.25) is 20.0 Å². The Bertz CT molecular complexity index is 627. The molecule has 0 amide bonds. The molecule has 8 nitrogen and oxygen atoms in total. The predicted octanol–water partition coefficient (Wildman–Crippen LogP) is -1.12. The SMILES string of the molecule is CS(=O)(=O)NCCCNS(=O)(=O)c1cccnc1N. The van der Waals surface area contributed by atoms with Gasteiger partial charge in [-0.2, -0.15) is 0 Å². The molecule has 0 aliphatic rings. The van der Waals surface area contributed by atoms with Crippen molar-refractivity contribution in [2.45, 2.75) is 11.3 Å². The van der Waals surface area contributed by atoms with Crippen molar-refractivity contribution < 1.29 is 16.8 Å². The van der Waals surface area contributed by atoms with E-state index < -0.39 is 20.0 Å². The zero-order valence-electron chi connectivity index (χ0n) is 10.3. The largest absolute Gasteiger partial charge is 0.383 e. The van der Waals surface area contributed by atoms with E-state index in [0.29, 0.717) is 6.42 Å². The molecule has 19 heavy (non-hydrogen) atoms. The lowest BCUT2D eigenvalue weighted by atomic mass is 10.4. The van der Waals surface area contributed by atoms with Crippen LogP contribution in [0.5, 0.6) is 0 Å². The van der Waals surface area contributed by atoms with Crippen LogP contribution >= 0.6 is 0 Å². The highest BCUT2D eigenvalue weighted by atomic mass is 32.2. The van der Waals surface area contributed by atoms with Crippen LogP contribution in [-0.2, 0) is 20.0 Å². The molecule has 108 valence electrons. The average Bonchev–Trinajstić information content (AvgIpc) is 2.27. The summed E-state index contributed by atoms with van der Waals surface area (Å²) in [4.78, 5) is 3.60. The summed E-state index contributed by atoms with van der Waals surface area (Å²) in [5.41, 5.74) is 5.47. The van der Waals surface area contributed by atoms with Crippen molar-refractivity contribution in [2.24, 2.45) is 0 Å². The van der Waals surface area contributed by atoms with Gasteiger partial charge < -0.3 is 5.73 Å². The highest BCUT2D eigenvalue weighted by Crippen LogP contribution is 2.13. The first kappa shape index (κ1) is 15.8. The zero-order chi connectivity index (χ0) is 14.5. The number of nitrogens with one attached hydrogen (secondary N) is 2. The van der Waals surface area contributed by atoms with Crippen molar-refractivity contribution in [3.63, 3.8) is 0 Å². The lowest BCUT2D eigenvalue weighted by molar-refractivity contribution is 0.575. The maximum atomic E-state index is 11.8. The molecular weight excluding hydrogens is 292 g/mol. The molecule has 0 aliphatic carbocycles. The Hall–Kier alpha value is -1.23. The third-order valence-electron chi connectivity index (χ3n) is 2.10. The maximum absolute atomic E-state index is 11.8. The normalized spacial score (nSPS) is 12.5. The molecule has 1 aromatic rings. The van der Waals surface area contributed by atoms with Crippen LogP contribution in [0, 0.1) is 0 Å². The van der Waals surface area contributed by atoms with Crippen LogP contribution in [-0.4, -0.2) is 41.2 Å². The van der Waals surface area contributed by atoms with Gasteiger partial charge in [-0.1, -0.05) is 0 Å². The van der Waals surface area contributed by atoms with E-state index in [1.165, 1.54) is 18.3 Å². The highest BCUT2D eigenvalue weighted by molar-refractivity contribution is 7.89. The number of sulfonamides is 2. The second kappa shape index (κ2) is 6.28. The average molecular weight is 308 g/mol. The van der Waals surface area contributed by atoms with Crippen molar-refractivity contribution in [1.29, 1.82) is 0 Å². The van der Waals surface area contributed by atoms with Gasteiger partial charge in [-0.05, 0) is 18.6 Å². The molecule has 1 aromatic heterocycles. The van der Waals surface area contributed by atoms with Gasteiger partial charge in [-0.3, -0.25) is 0 Å². The Morgan fingerprint density at radius 3 is 2.42 bits per heavy atom. The zero-order valence-corrected chi connectivity index (χ0v) is 12.0. The summed E-state index contributed by atoms with van der Waals surface area (Å²) >= 11 is 0. The number of rotatable bonds is 7. The summed E-state index contributed by atoms with van der Waals surface area (Å²) in [5, 5.41) is 0. The van der Waals surface area contributed by atoms with E-state index >= 15 is 0 Å². The van der Waals surface area contributed by atoms with E-state index in [2.05, 4.69) is 14.4 Å². The highest BCUT2D eigenvalue weighted by Gasteiger charge is 2.16. The standard InChI is InChI=1S/C9H16N4O4S2/c1-18(14,15)12-6-3-7-13-19(16,17)8-4-2-5-11-9(8)10/h2,4-5,12-13H,3,6-7H2,1H3,(H2,10,11). The second-order valence-electron chi connectivity index (χ2n) is 3.80. The first-order valence-electron chi connectivity index (χ1n) is 5.37. The lowest BCUT2D eigenvalue weighted by Gasteiger charge is -2.08. The number of nitrogens with zero attached hydrogens (tertiary/aromatic N) is 1. The number of aromatic nitrogens is 1. The third-order valence-corrected chi connectivity index (χ3v) is 4.34. The van der Waals surface area contributed by atoms with E-state index in [4.69, 9.17) is 5.73 Å². The van der Waals surface area contributed by atoms with Crippen LogP contribution in [0.15, 0.2) is 23.2 Å². The van der Waals surface area contributed by atoms with E-state index in [1.807, 2.05) is 0 Å². The van der Waals surface area contributed by atoms with Gasteiger partial charge in [-0.25, -0.2) is 31.3 Å². The molecule has 0 bridgehead atoms. The number of nitrogen functional groups attached to an aromatic ring is 1. The van der Waals surface area contributed by atoms with E-state index in [1.54, 1.807) is 0 Å². The molecule has 4 N–H and O–H groups in total. The summed E-state index contributed by atoms with van der Waals surface area (Å²) in [6.45, 7) is 0.253. The lowest BCUT2D eigenvalue weighted by Crippen LogP contribution is -2.29. The van der Waals surface area contributed by atoms with Gasteiger partial charge >= 0.3 is 0 Å². The fourth-order valence-electron chi connectivity index (χ4n) is 1.26. The van der Waals surface area contributed by atoms with Crippen molar-refractivity contribution in [2.75, 3.05) is 25.1 Å². The molecule has 0 unspecified atom stereocenters. The van der Waals surface area contributed by atoms with Gasteiger partial charge in [0.15, 0.2) is 0 Å². The Labute approximate surface area is 112 Å². The van der Waals surface area contributed by atoms with Gasteiger partial charge in [-0.15, -0.1) is 0 Å². The number of anilines is 1. The van der Waals surface area contributed by atoms with E-state index in [9.17, 15) is 16.8 Å². The van der Waals surface area contributed by atoms with Gasteiger partial charge in [0, 0.05) is 19.3 Å². The first-order chi connectivity index (χ1) is 8.72. The van der Waals surface area contributed by atoms with Gasteiger partial charge in [0.1, 0.15) is 10.7 Å². The van der Waals surface area contributed by atoms with Crippen molar-refractivity contribution in [1.82, 2.24) is 14.4 Å². The number of pyridine rings is 1. The van der Waals surface area contributed by atoms with Gasteiger partial charge in [0.05, 0.1) is 6.26 Å². The first-order valence-corrected chi connectivity index (χ1v) is 8.74. The minimum absolute atomic E-state index is 0.0794. The van der Waals surface area contributed by atoms with Crippen molar-refractivity contribution in [3.05, 3.63) is 18.3 Å². The molecule has 1 heterocycles. The van der Waals surface area contributed by atoms with Crippen LogP contribution in [0.25, 0.3) is 0 Å². The van der Waals surface area contributed by atoms with Crippen LogP contribution in [0.4, 0.5) is 5.82 Å². The summed E-state index contributed by atoms with van der Waals surface area (Å²) in [6.07, 6.45) is 2.75. The molecule has 0 radical (unpaired) electrons. The minimum Gasteiger partial charge on any atom is -0.383 e.